The van der Waals surface area contributed by atoms with Crippen molar-refractivity contribution in [2.45, 2.75) is 20.8 Å². The molecular weight excluding hydrogens is 214 g/mol. The van der Waals surface area contributed by atoms with E-state index in [1.807, 2.05) is 26.1 Å². The molecule has 1 rings (SSSR count). The molecule has 0 aliphatic rings. The number of aryl methyl sites for hydroxylation is 1. The quantitative estimate of drug-likeness (QED) is 0.620. The molecular formula is C13H21N3O. The molecule has 0 fully saturated rings. The average molecular weight is 235 g/mol. The van der Waals surface area contributed by atoms with Gasteiger partial charge in [-0.25, -0.2) is 0 Å². The summed E-state index contributed by atoms with van der Waals surface area (Å²) in [5.41, 5.74) is 5.11. The van der Waals surface area contributed by atoms with Gasteiger partial charge >= 0.3 is 0 Å². The number of benzene rings is 1. The largest absolute Gasteiger partial charge is 0.341 e. The van der Waals surface area contributed by atoms with Crippen LogP contribution in [0.25, 0.3) is 0 Å². The van der Waals surface area contributed by atoms with Gasteiger partial charge < -0.3 is 10.3 Å². The van der Waals surface area contributed by atoms with Crippen molar-refractivity contribution in [3.8, 4) is 0 Å². The highest BCUT2D eigenvalue weighted by Crippen LogP contribution is 2.16. The second-order valence-corrected chi connectivity index (χ2v) is 4.75. The number of carbonyl (C=O) groups excluding carboxylic acids is 1. The number of nitrogen functional groups attached to an aromatic ring is 1. The van der Waals surface area contributed by atoms with Gasteiger partial charge in [0, 0.05) is 19.2 Å². The Morgan fingerprint density at radius 3 is 2.59 bits per heavy atom. The van der Waals surface area contributed by atoms with E-state index in [1.165, 1.54) is 0 Å². The van der Waals surface area contributed by atoms with Gasteiger partial charge in [0.2, 0.25) is 0 Å². The zero-order valence-corrected chi connectivity index (χ0v) is 10.9. The zero-order valence-electron chi connectivity index (χ0n) is 10.9. The van der Waals surface area contributed by atoms with Crippen molar-refractivity contribution in [2.24, 2.45) is 11.8 Å². The molecule has 0 unspecified atom stereocenters. The Kier molecular flexibility index (Phi) is 4.52. The number of nitrogens with two attached hydrogens (primary N) is 1. The van der Waals surface area contributed by atoms with E-state index in [2.05, 4.69) is 19.3 Å². The minimum absolute atomic E-state index is 0.0466. The van der Waals surface area contributed by atoms with Crippen LogP contribution in [0.5, 0.6) is 0 Å². The van der Waals surface area contributed by atoms with Gasteiger partial charge in [0.15, 0.2) is 0 Å². The smallest absolute Gasteiger partial charge is 0.253 e. The summed E-state index contributed by atoms with van der Waals surface area (Å²) in [6.45, 7) is 6.87. The predicted molar refractivity (Wildman–Crippen MR) is 70.8 cm³/mol. The third-order valence-electron chi connectivity index (χ3n) is 2.61. The molecule has 1 aromatic carbocycles. The molecule has 0 atom stereocenters. The van der Waals surface area contributed by atoms with E-state index in [1.54, 1.807) is 11.0 Å². The lowest BCUT2D eigenvalue weighted by Gasteiger charge is -2.20. The summed E-state index contributed by atoms with van der Waals surface area (Å²) in [6.07, 6.45) is 0. The number of rotatable bonds is 4. The van der Waals surface area contributed by atoms with Gasteiger partial charge in [0.05, 0.1) is 5.69 Å². The summed E-state index contributed by atoms with van der Waals surface area (Å²) in [7, 11) is 1.83. The van der Waals surface area contributed by atoms with Gasteiger partial charge in [0.25, 0.3) is 5.91 Å². The molecule has 1 aromatic rings. The van der Waals surface area contributed by atoms with Crippen LogP contribution >= 0.6 is 0 Å². The molecule has 3 N–H and O–H groups in total. The lowest BCUT2D eigenvalue weighted by atomic mass is 10.1. The van der Waals surface area contributed by atoms with E-state index in [4.69, 9.17) is 5.84 Å². The molecule has 0 aromatic heterocycles. The molecule has 0 aliphatic carbocycles. The van der Waals surface area contributed by atoms with Crippen molar-refractivity contribution in [1.82, 2.24) is 4.90 Å². The number of hydrazine groups is 1. The maximum Gasteiger partial charge on any atom is 0.253 e. The fourth-order valence-corrected chi connectivity index (χ4v) is 1.81. The topological polar surface area (TPSA) is 58.4 Å². The van der Waals surface area contributed by atoms with Crippen molar-refractivity contribution in [2.75, 3.05) is 19.0 Å². The lowest BCUT2D eigenvalue weighted by Crippen LogP contribution is -2.30. The molecule has 0 radical (unpaired) electrons. The van der Waals surface area contributed by atoms with Crippen molar-refractivity contribution in [3.05, 3.63) is 29.3 Å². The van der Waals surface area contributed by atoms with E-state index in [-0.39, 0.29) is 5.91 Å². The minimum Gasteiger partial charge on any atom is -0.341 e. The number of hydrogen-bond acceptors (Lipinski definition) is 3. The van der Waals surface area contributed by atoms with Crippen LogP contribution in [0, 0.1) is 12.8 Å². The van der Waals surface area contributed by atoms with Gasteiger partial charge in [0.1, 0.15) is 0 Å². The van der Waals surface area contributed by atoms with Crippen molar-refractivity contribution in [3.63, 3.8) is 0 Å². The van der Waals surface area contributed by atoms with Gasteiger partial charge in [-0.3, -0.25) is 10.6 Å². The van der Waals surface area contributed by atoms with E-state index in [0.717, 1.165) is 17.8 Å². The summed E-state index contributed by atoms with van der Waals surface area (Å²) in [4.78, 5) is 13.9. The highest BCUT2D eigenvalue weighted by molar-refractivity contribution is 5.94. The van der Waals surface area contributed by atoms with Crippen LogP contribution in [-0.2, 0) is 0 Å². The molecule has 0 saturated heterocycles. The third-order valence-corrected chi connectivity index (χ3v) is 2.61. The van der Waals surface area contributed by atoms with Gasteiger partial charge in [-0.15, -0.1) is 0 Å². The van der Waals surface area contributed by atoms with E-state index in [9.17, 15) is 4.79 Å². The number of anilines is 1. The van der Waals surface area contributed by atoms with Crippen LogP contribution in [0.4, 0.5) is 5.69 Å². The number of carbonyl (C=O) groups is 1. The molecule has 94 valence electrons. The molecule has 1 amide bonds. The first-order valence-corrected chi connectivity index (χ1v) is 5.78. The number of hydrogen-bond donors (Lipinski definition) is 2. The Bertz CT molecular complexity index is 402. The molecule has 4 heteroatoms. The van der Waals surface area contributed by atoms with Crippen molar-refractivity contribution in [1.29, 1.82) is 0 Å². The molecule has 0 heterocycles. The standard InChI is InChI=1S/C13H21N3O/c1-9(2)8-16(4)13(17)11-5-6-12(15-14)10(3)7-11/h5-7,9,15H,8,14H2,1-4H3. The van der Waals surface area contributed by atoms with E-state index < -0.39 is 0 Å². The Balaban J connectivity index is 2.86. The van der Waals surface area contributed by atoms with Crippen molar-refractivity contribution < 1.29 is 4.79 Å². The van der Waals surface area contributed by atoms with Gasteiger partial charge in [-0.1, -0.05) is 13.8 Å². The zero-order chi connectivity index (χ0) is 13.0. The number of nitrogens with zero attached hydrogens (tertiary/aromatic N) is 1. The summed E-state index contributed by atoms with van der Waals surface area (Å²) in [6, 6.07) is 5.47. The predicted octanol–water partition coefficient (Wildman–Crippen LogP) is 2.01. The summed E-state index contributed by atoms with van der Waals surface area (Å²) >= 11 is 0. The highest BCUT2D eigenvalue weighted by atomic mass is 16.2. The van der Waals surface area contributed by atoms with E-state index in [0.29, 0.717) is 11.5 Å². The van der Waals surface area contributed by atoms with Gasteiger partial charge in [-0.2, -0.15) is 0 Å². The first kappa shape index (κ1) is 13.5. The van der Waals surface area contributed by atoms with Crippen LogP contribution in [0.15, 0.2) is 18.2 Å². The summed E-state index contributed by atoms with van der Waals surface area (Å²) in [5.74, 6) is 5.87. The first-order valence-electron chi connectivity index (χ1n) is 5.78. The Labute approximate surface area is 103 Å². The monoisotopic (exact) mass is 235 g/mol. The minimum atomic E-state index is 0.0466. The number of amides is 1. The van der Waals surface area contributed by atoms with Crippen LogP contribution < -0.4 is 11.3 Å². The highest BCUT2D eigenvalue weighted by Gasteiger charge is 2.13. The molecule has 0 saturated carbocycles. The SMILES string of the molecule is Cc1cc(C(=O)N(C)CC(C)C)ccc1NN. The molecule has 0 bridgehead atoms. The fourth-order valence-electron chi connectivity index (χ4n) is 1.81. The lowest BCUT2D eigenvalue weighted by molar-refractivity contribution is 0.0779. The molecule has 0 spiro atoms. The van der Waals surface area contributed by atoms with Crippen LogP contribution in [0.2, 0.25) is 0 Å². The maximum absolute atomic E-state index is 12.1. The molecule has 0 aliphatic heterocycles. The maximum atomic E-state index is 12.1. The summed E-state index contributed by atoms with van der Waals surface area (Å²) < 4.78 is 0. The van der Waals surface area contributed by atoms with Crippen LogP contribution in [0.1, 0.15) is 29.8 Å². The Morgan fingerprint density at radius 1 is 1.47 bits per heavy atom. The summed E-state index contributed by atoms with van der Waals surface area (Å²) in [5, 5.41) is 0. The second kappa shape index (κ2) is 5.68. The first-order chi connectivity index (χ1) is 7.95. The van der Waals surface area contributed by atoms with Crippen LogP contribution in [0.3, 0.4) is 0 Å². The van der Waals surface area contributed by atoms with E-state index >= 15 is 0 Å². The second-order valence-electron chi connectivity index (χ2n) is 4.75. The Morgan fingerprint density at radius 2 is 2.12 bits per heavy atom. The molecule has 17 heavy (non-hydrogen) atoms. The van der Waals surface area contributed by atoms with Crippen LogP contribution in [-0.4, -0.2) is 24.4 Å². The van der Waals surface area contributed by atoms with Gasteiger partial charge in [-0.05, 0) is 36.6 Å². The average Bonchev–Trinajstić information content (AvgIpc) is 2.27. The number of nitrogens with one attached hydrogen (secondary N) is 1. The van der Waals surface area contributed by atoms with Crippen molar-refractivity contribution >= 4 is 11.6 Å². The fraction of sp³-hybridized carbons (Fsp3) is 0.462. The normalized spacial score (nSPS) is 10.5. The third kappa shape index (κ3) is 3.46. The Hall–Kier alpha value is -1.55. The molecule has 4 nitrogen and oxygen atoms in total.